The lowest BCUT2D eigenvalue weighted by Gasteiger charge is -2.03. The Hall–Kier alpha value is -1.82. The number of ether oxygens (including phenoxy) is 1. The van der Waals surface area contributed by atoms with Crippen molar-refractivity contribution in [3.05, 3.63) is 30.0 Å². The predicted molar refractivity (Wildman–Crippen MR) is 68.3 cm³/mol. The summed E-state index contributed by atoms with van der Waals surface area (Å²) in [4.78, 5) is 11.4. The number of hydrogen-bond donors (Lipinski definition) is 1. The summed E-state index contributed by atoms with van der Waals surface area (Å²) in [6.45, 7) is 0. The van der Waals surface area contributed by atoms with Gasteiger partial charge in [0.05, 0.1) is 12.4 Å². The van der Waals surface area contributed by atoms with Crippen molar-refractivity contribution in [2.75, 3.05) is 12.4 Å². The molecule has 0 radical (unpaired) electrons. The number of carbonyl (C=O) groups excluding carboxylic acids is 1. The van der Waals surface area contributed by atoms with Gasteiger partial charge in [0.25, 0.3) is 0 Å². The van der Waals surface area contributed by atoms with Crippen molar-refractivity contribution < 1.29 is 19.2 Å². The second-order valence-electron chi connectivity index (χ2n) is 3.52. The average molecular weight is 312 g/mol. The molecule has 0 bridgehead atoms. The zero-order valence-corrected chi connectivity index (χ0v) is 11.1. The molecule has 0 spiro atoms. The summed E-state index contributed by atoms with van der Waals surface area (Å²) in [7, 11) is 1.47. The first-order valence-corrected chi connectivity index (χ1v) is 6.21. The summed E-state index contributed by atoms with van der Waals surface area (Å²) in [5, 5.41) is 13.6. The highest BCUT2D eigenvalue weighted by Crippen LogP contribution is 2.31. The van der Waals surface area contributed by atoms with Crippen LogP contribution in [-0.2, 0) is 0 Å². The van der Waals surface area contributed by atoms with Gasteiger partial charge < -0.3 is 14.4 Å². The highest BCUT2D eigenvalue weighted by Gasteiger charge is 2.13. The van der Waals surface area contributed by atoms with Crippen LogP contribution < -0.4 is 4.74 Å². The number of halogens is 1. The molecular weight excluding hydrogens is 302 g/mol. The molecule has 1 heterocycles. The molecule has 94 valence electrons. The SMILES string of the molecule is COc1ccc(-c2cc(C(=O)CBr)on2)cc1O. The van der Waals surface area contributed by atoms with Gasteiger partial charge in [0.1, 0.15) is 5.69 Å². The number of alkyl halides is 1. The van der Waals surface area contributed by atoms with Crippen molar-refractivity contribution in [2.45, 2.75) is 0 Å². The number of carbonyl (C=O) groups is 1. The van der Waals surface area contributed by atoms with E-state index < -0.39 is 0 Å². The monoisotopic (exact) mass is 311 g/mol. The number of hydrogen-bond acceptors (Lipinski definition) is 5. The Labute approximate surface area is 111 Å². The molecule has 0 aliphatic heterocycles. The highest BCUT2D eigenvalue weighted by molar-refractivity contribution is 9.09. The van der Waals surface area contributed by atoms with Crippen molar-refractivity contribution in [3.63, 3.8) is 0 Å². The van der Waals surface area contributed by atoms with Crippen LogP contribution in [0.2, 0.25) is 0 Å². The van der Waals surface area contributed by atoms with E-state index in [4.69, 9.17) is 9.26 Å². The molecule has 2 rings (SSSR count). The van der Waals surface area contributed by atoms with E-state index in [1.54, 1.807) is 12.1 Å². The van der Waals surface area contributed by atoms with Crippen LogP contribution >= 0.6 is 15.9 Å². The predicted octanol–water partition coefficient (Wildman–Crippen LogP) is 2.63. The van der Waals surface area contributed by atoms with E-state index in [-0.39, 0.29) is 22.6 Å². The first-order valence-electron chi connectivity index (χ1n) is 5.09. The smallest absolute Gasteiger partial charge is 0.211 e. The minimum absolute atomic E-state index is 0.00590. The minimum Gasteiger partial charge on any atom is -0.504 e. The zero-order valence-electron chi connectivity index (χ0n) is 9.51. The molecule has 1 N–H and O–H groups in total. The maximum atomic E-state index is 11.4. The minimum atomic E-state index is -0.188. The van der Waals surface area contributed by atoms with Crippen molar-refractivity contribution >= 4 is 21.7 Å². The molecular formula is C12H10BrNO4. The number of phenolic OH excluding ortho intramolecular Hbond substituents is 1. The molecule has 0 atom stereocenters. The normalized spacial score (nSPS) is 10.3. The number of aromatic nitrogens is 1. The summed E-state index contributed by atoms with van der Waals surface area (Å²) in [5.74, 6) is 0.369. The fourth-order valence-electron chi connectivity index (χ4n) is 1.46. The van der Waals surface area contributed by atoms with Gasteiger partial charge in [-0.2, -0.15) is 0 Å². The van der Waals surface area contributed by atoms with Gasteiger partial charge in [0.15, 0.2) is 11.5 Å². The summed E-state index contributed by atoms with van der Waals surface area (Å²) < 4.78 is 9.87. The van der Waals surface area contributed by atoms with Gasteiger partial charge >= 0.3 is 0 Å². The number of ketones is 1. The Morgan fingerprint density at radius 1 is 1.50 bits per heavy atom. The van der Waals surface area contributed by atoms with E-state index >= 15 is 0 Å². The maximum Gasteiger partial charge on any atom is 0.211 e. The fourth-order valence-corrected chi connectivity index (χ4v) is 1.73. The Morgan fingerprint density at radius 2 is 2.28 bits per heavy atom. The van der Waals surface area contributed by atoms with Gasteiger partial charge in [-0.1, -0.05) is 21.1 Å². The Morgan fingerprint density at radius 3 is 2.89 bits per heavy atom. The molecule has 18 heavy (non-hydrogen) atoms. The Kier molecular flexibility index (Phi) is 3.66. The molecule has 0 aliphatic rings. The first kappa shape index (κ1) is 12.6. The molecule has 0 amide bonds. The number of phenols is 1. The lowest BCUT2D eigenvalue weighted by molar-refractivity contribution is 0.0985. The van der Waals surface area contributed by atoms with Crippen molar-refractivity contribution in [3.8, 4) is 22.8 Å². The van der Waals surface area contributed by atoms with Gasteiger partial charge in [-0.15, -0.1) is 0 Å². The molecule has 6 heteroatoms. The molecule has 0 saturated heterocycles. The highest BCUT2D eigenvalue weighted by atomic mass is 79.9. The zero-order chi connectivity index (χ0) is 13.1. The van der Waals surface area contributed by atoms with E-state index in [0.29, 0.717) is 17.0 Å². The molecule has 5 nitrogen and oxygen atoms in total. The van der Waals surface area contributed by atoms with Gasteiger partial charge in [0.2, 0.25) is 11.5 Å². The van der Waals surface area contributed by atoms with Crippen LogP contribution in [0.5, 0.6) is 11.5 Å². The van der Waals surface area contributed by atoms with Crippen molar-refractivity contribution in [1.29, 1.82) is 0 Å². The van der Waals surface area contributed by atoms with Crippen LogP contribution in [0.4, 0.5) is 0 Å². The second-order valence-corrected chi connectivity index (χ2v) is 4.08. The fraction of sp³-hybridized carbons (Fsp3) is 0.167. The van der Waals surface area contributed by atoms with Crippen LogP contribution in [0.25, 0.3) is 11.3 Å². The van der Waals surface area contributed by atoms with E-state index in [2.05, 4.69) is 21.1 Å². The number of benzene rings is 1. The average Bonchev–Trinajstić information content (AvgIpc) is 2.87. The van der Waals surface area contributed by atoms with E-state index in [1.807, 2.05) is 0 Å². The lowest BCUT2D eigenvalue weighted by atomic mass is 10.1. The molecule has 0 fully saturated rings. The number of aromatic hydroxyl groups is 1. The van der Waals surface area contributed by atoms with E-state index in [9.17, 15) is 9.90 Å². The van der Waals surface area contributed by atoms with E-state index in [1.165, 1.54) is 19.2 Å². The quantitative estimate of drug-likeness (QED) is 0.694. The summed E-state index contributed by atoms with van der Waals surface area (Å²) >= 11 is 3.05. The molecule has 1 aromatic heterocycles. The second kappa shape index (κ2) is 5.22. The number of Topliss-reactive ketones (excluding diaryl/α,β-unsaturated/α-hetero) is 1. The van der Waals surface area contributed by atoms with Crippen molar-refractivity contribution in [1.82, 2.24) is 5.16 Å². The lowest BCUT2D eigenvalue weighted by Crippen LogP contribution is -1.96. The number of methoxy groups -OCH3 is 1. The van der Waals surface area contributed by atoms with Gasteiger partial charge in [-0.3, -0.25) is 4.79 Å². The molecule has 2 aromatic rings. The summed E-state index contributed by atoms with van der Waals surface area (Å²) in [5.41, 5.74) is 1.13. The molecule has 1 aromatic carbocycles. The number of rotatable bonds is 4. The first-order chi connectivity index (χ1) is 8.65. The van der Waals surface area contributed by atoms with Crippen LogP contribution in [0.1, 0.15) is 10.6 Å². The van der Waals surface area contributed by atoms with Crippen LogP contribution in [0.15, 0.2) is 28.8 Å². The molecule has 0 aliphatic carbocycles. The largest absolute Gasteiger partial charge is 0.504 e. The number of nitrogens with zero attached hydrogens (tertiary/aromatic N) is 1. The van der Waals surface area contributed by atoms with E-state index in [0.717, 1.165) is 0 Å². The summed E-state index contributed by atoms with van der Waals surface area (Å²) in [6, 6.07) is 6.37. The Balaban J connectivity index is 2.34. The molecule has 0 unspecified atom stereocenters. The Bertz CT molecular complexity index is 579. The third-order valence-corrected chi connectivity index (χ3v) is 2.89. The molecule has 0 saturated carbocycles. The standard InChI is InChI=1S/C12H10BrNO4/c1-17-11-3-2-7(4-9(11)15)8-5-12(18-14-8)10(16)6-13/h2-5,15H,6H2,1H3. The van der Waals surface area contributed by atoms with Gasteiger partial charge in [-0.05, 0) is 18.2 Å². The third-order valence-electron chi connectivity index (χ3n) is 2.38. The van der Waals surface area contributed by atoms with Gasteiger partial charge in [0, 0.05) is 11.6 Å². The van der Waals surface area contributed by atoms with Crippen LogP contribution in [-0.4, -0.2) is 28.5 Å². The van der Waals surface area contributed by atoms with Crippen LogP contribution in [0, 0.1) is 0 Å². The summed E-state index contributed by atoms with van der Waals surface area (Å²) in [6.07, 6.45) is 0. The van der Waals surface area contributed by atoms with Crippen molar-refractivity contribution in [2.24, 2.45) is 0 Å². The third kappa shape index (κ3) is 2.38. The topological polar surface area (TPSA) is 72.6 Å². The maximum absolute atomic E-state index is 11.4. The van der Waals surface area contributed by atoms with Crippen LogP contribution in [0.3, 0.4) is 0 Å². The van der Waals surface area contributed by atoms with Gasteiger partial charge in [-0.25, -0.2) is 0 Å².